The van der Waals surface area contributed by atoms with Crippen molar-refractivity contribution >= 4 is 16.0 Å². The lowest BCUT2D eigenvalue weighted by Crippen LogP contribution is -2.44. The summed E-state index contributed by atoms with van der Waals surface area (Å²) in [5.41, 5.74) is 0. The molecule has 1 atom stereocenters. The van der Waals surface area contributed by atoms with Gasteiger partial charge in [-0.05, 0) is 18.1 Å². The number of rotatable bonds is 5. The highest BCUT2D eigenvalue weighted by atomic mass is 32.2. The first-order valence-corrected chi connectivity index (χ1v) is 7.02. The van der Waals surface area contributed by atoms with Crippen molar-refractivity contribution in [2.24, 2.45) is 5.92 Å². The van der Waals surface area contributed by atoms with Gasteiger partial charge in [0.05, 0.1) is 12.0 Å². The number of hydrogen-bond acceptors (Lipinski definition) is 4. The zero-order chi connectivity index (χ0) is 13.8. The van der Waals surface area contributed by atoms with E-state index in [4.69, 9.17) is 0 Å². The Morgan fingerprint density at radius 1 is 1.22 bits per heavy atom. The van der Waals surface area contributed by atoms with Crippen molar-refractivity contribution in [3.05, 3.63) is 30.3 Å². The molecule has 0 saturated heterocycles. The highest BCUT2D eigenvalue weighted by Crippen LogP contribution is 2.12. The highest BCUT2D eigenvalue weighted by Gasteiger charge is 2.28. The third-order valence-corrected chi connectivity index (χ3v) is 3.91. The molecule has 0 aromatic heterocycles. The molecule has 0 aliphatic carbocycles. The van der Waals surface area contributed by atoms with Gasteiger partial charge in [-0.15, -0.1) is 0 Å². The van der Waals surface area contributed by atoms with Crippen LogP contribution in [0.5, 0.6) is 0 Å². The molecule has 18 heavy (non-hydrogen) atoms. The summed E-state index contributed by atoms with van der Waals surface area (Å²) in [6.45, 7) is 3.49. The van der Waals surface area contributed by atoms with Crippen LogP contribution in [0.15, 0.2) is 35.2 Å². The summed E-state index contributed by atoms with van der Waals surface area (Å²) in [4.78, 5) is 11.6. The molecule has 6 heteroatoms. The number of benzene rings is 1. The molecule has 0 unspecified atom stereocenters. The predicted octanol–water partition coefficient (Wildman–Crippen LogP) is 1.16. The van der Waals surface area contributed by atoms with Gasteiger partial charge in [-0.3, -0.25) is 4.79 Å². The number of hydrogen-bond donors (Lipinski definition) is 1. The lowest BCUT2D eigenvalue weighted by atomic mass is 10.1. The van der Waals surface area contributed by atoms with E-state index in [1.807, 2.05) is 0 Å². The Labute approximate surface area is 107 Å². The van der Waals surface area contributed by atoms with Crippen molar-refractivity contribution in [3.8, 4) is 0 Å². The molecule has 5 nitrogen and oxygen atoms in total. The summed E-state index contributed by atoms with van der Waals surface area (Å²) in [5.74, 6) is -0.791. The number of sulfonamides is 1. The van der Waals surface area contributed by atoms with Crippen LogP contribution in [0.3, 0.4) is 0 Å². The number of ether oxygens (including phenoxy) is 1. The van der Waals surface area contributed by atoms with Gasteiger partial charge in [-0.2, -0.15) is 4.72 Å². The largest absolute Gasteiger partial charge is 0.468 e. The van der Waals surface area contributed by atoms with Crippen molar-refractivity contribution in [3.63, 3.8) is 0 Å². The van der Waals surface area contributed by atoms with E-state index in [0.29, 0.717) is 0 Å². The van der Waals surface area contributed by atoms with Gasteiger partial charge in [0.2, 0.25) is 10.0 Å². The number of carbonyl (C=O) groups is 1. The molecule has 1 aromatic rings. The molecule has 0 heterocycles. The van der Waals surface area contributed by atoms with Crippen LogP contribution in [0.25, 0.3) is 0 Å². The first kappa shape index (κ1) is 14.7. The van der Waals surface area contributed by atoms with Gasteiger partial charge < -0.3 is 4.74 Å². The first-order chi connectivity index (χ1) is 8.38. The average molecular weight is 271 g/mol. The van der Waals surface area contributed by atoms with Crippen molar-refractivity contribution in [1.82, 2.24) is 4.72 Å². The minimum Gasteiger partial charge on any atom is -0.468 e. The van der Waals surface area contributed by atoms with Gasteiger partial charge in [0, 0.05) is 0 Å². The van der Waals surface area contributed by atoms with E-state index in [1.54, 1.807) is 32.0 Å². The molecular formula is C12H17NO4S. The maximum atomic E-state index is 12.0. The van der Waals surface area contributed by atoms with E-state index in [-0.39, 0.29) is 10.8 Å². The second kappa shape index (κ2) is 5.97. The standard InChI is InChI=1S/C12H17NO4S/c1-9(2)11(12(14)17-3)13-18(15,16)10-7-5-4-6-8-10/h4-9,11,13H,1-3H3/t11-/m0/s1. The smallest absolute Gasteiger partial charge is 0.324 e. The highest BCUT2D eigenvalue weighted by molar-refractivity contribution is 7.89. The Bertz CT molecular complexity index is 496. The molecule has 1 aromatic carbocycles. The monoisotopic (exact) mass is 271 g/mol. The molecule has 0 aliphatic heterocycles. The summed E-state index contributed by atoms with van der Waals surface area (Å²) >= 11 is 0. The van der Waals surface area contributed by atoms with Gasteiger partial charge >= 0.3 is 5.97 Å². The normalized spacial score (nSPS) is 13.3. The molecule has 0 bridgehead atoms. The van der Waals surface area contributed by atoms with E-state index in [9.17, 15) is 13.2 Å². The molecule has 0 radical (unpaired) electrons. The van der Waals surface area contributed by atoms with Crippen molar-refractivity contribution in [1.29, 1.82) is 0 Å². The SMILES string of the molecule is COC(=O)[C@@H](NS(=O)(=O)c1ccccc1)C(C)C. The molecular weight excluding hydrogens is 254 g/mol. The first-order valence-electron chi connectivity index (χ1n) is 5.53. The van der Waals surface area contributed by atoms with Crippen molar-refractivity contribution in [2.45, 2.75) is 24.8 Å². The van der Waals surface area contributed by atoms with E-state index < -0.39 is 22.0 Å². The average Bonchev–Trinajstić information content (AvgIpc) is 2.36. The maximum absolute atomic E-state index is 12.0. The quantitative estimate of drug-likeness (QED) is 0.816. The molecule has 0 aliphatic rings. The van der Waals surface area contributed by atoms with Crippen LogP contribution in [0.2, 0.25) is 0 Å². The number of nitrogens with one attached hydrogen (secondary N) is 1. The fourth-order valence-electron chi connectivity index (χ4n) is 1.42. The van der Waals surface area contributed by atoms with Crippen LogP contribution in [0.4, 0.5) is 0 Å². The Morgan fingerprint density at radius 3 is 2.22 bits per heavy atom. The number of esters is 1. The van der Waals surface area contributed by atoms with Gasteiger partial charge in [0.25, 0.3) is 0 Å². The van der Waals surface area contributed by atoms with Crippen LogP contribution < -0.4 is 4.72 Å². The van der Waals surface area contributed by atoms with Gasteiger partial charge in [0.1, 0.15) is 6.04 Å². The van der Waals surface area contributed by atoms with Crippen LogP contribution in [-0.2, 0) is 19.6 Å². The fourth-order valence-corrected chi connectivity index (χ4v) is 2.77. The third kappa shape index (κ3) is 3.54. The van der Waals surface area contributed by atoms with Crippen LogP contribution in [0.1, 0.15) is 13.8 Å². The van der Waals surface area contributed by atoms with Crippen LogP contribution in [-0.4, -0.2) is 27.5 Å². The van der Waals surface area contributed by atoms with E-state index in [2.05, 4.69) is 9.46 Å². The second-order valence-corrected chi connectivity index (χ2v) is 5.89. The third-order valence-electron chi connectivity index (χ3n) is 2.46. The molecule has 0 amide bonds. The summed E-state index contributed by atoms with van der Waals surface area (Å²) < 4.78 is 31.0. The lowest BCUT2D eigenvalue weighted by molar-refractivity contribution is -0.143. The maximum Gasteiger partial charge on any atom is 0.324 e. The Balaban J connectivity index is 2.97. The van der Waals surface area contributed by atoms with E-state index in [1.165, 1.54) is 19.2 Å². The molecule has 1 N–H and O–H groups in total. The topological polar surface area (TPSA) is 72.5 Å². The van der Waals surface area contributed by atoms with Crippen molar-refractivity contribution in [2.75, 3.05) is 7.11 Å². The zero-order valence-corrected chi connectivity index (χ0v) is 11.4. The minimum absolute atomic E-state index is 0.125. The number of carbonyl (C=O) groups excluding carboxylic acids is 1. The summed E-state index contributed by atoms with van der Waals surface area (Å²) in [7, 11) is -2.48. The predicted molar refractivity (Wildman–Crippen MR) is 67.4 cm³/mol. The van der Waals surface area contributed by atoms with E-state index >= 15 is 0 Å². The Morgan fingerprint density at radius 2 is 1.78 bits per heavy atom. The summed E-state index contributed by atoms with van der Waals surface area (Å²) in [6.07, 6.45) is 0. The number of methoxy groups -OCH3 is 1. The molecule has 0 fully saturated rings. The fraction of sp³-hybridized carbons (Fsp3) is 0.417. The van der Waals surface area contributed by atoms with Gasteiger partial charge in [-0.25, -0.2) is 8.42 Å². The Kier molecular flexibility index (Phi) is 4.86. The molecule has 100 valence electrons. The van der Waals surface area contributed by atoms with Crippen LogP contribution >= 0.6 is 0 Å². The Hall–Kier alpha value is -1.40. The van der Waals surface area contributed by atoms with Gasteiger partial charge in [-0.1, -0.05) is 32.0 Å². The zero-order valence-electron chi connectivity index (χ0n) is 10.6. The minimum atomic E-state index is -3.71. The summed E-state index contributed by atoms with van der Waals surface area (Å²) in [6, 6.07) is 7.02. The molecule has 1 rings (SSSR count). The lowest BCUT2D eigenvalue weighted by Gasteiger charge is -2.19. The molecule has 0 saturated carbocycles. The van der Waals surface area contributed by atoms with Crippen LogP contribution in [0, 0.1) is 5.92 Å². The van der Waals surface area contributed by atoms with E-state index in [0.717, 1.165) is 0 Å². The van der Waals surface area contributed by atoms with Gasteiger partial charge in [0.15, 0.2) is 0 Å². The molecule has 0 spiro atoms. The summed E-state index contributed by atoms with van der Waals surface area (Å²) in [5, 5.41) is 0. The second-order valence-electron chi connectivity index (χ2n) is 4.18. The van der Waals surface area contributed by atoms with Crippen molar-refractivity contribution < 1.29 is 17.9 Å².